The Morgan fingerprint density at radius 3 is 2.65 bits per heavy atom. The maximum absolute atomic E-state index is 11.6. The number of nitriles is 1. The molecule has 0 fully saturated rings. The minimum atomic E-state index is -0.984. The van der Waals surface area contributed by atoms with E-state index in [9.17, 15) is 9.90 Å². The fraction of sp³-hybridized carbons (Fsp3) is 0.235. The van der Waals surface area contributed by atoms with Gasteiger partial charge in [0.2, 0.25) is 0 Å². The normalized spacial score (nSPS) is 11.6. The first-order valence-electron chi connectivity index (χ1n) is 7.08. The van der Waals surface area contributed by atoms with E-state index < -0.39 is 11.6 Å². The SMILES string of the molecule is CC(C)(C)N(C(=O)O)c1ccc2c(ccc3nc(C#N)sc32)c1. The highest BCUT2D eigenvalue weighted by atomic mass is 32.1. The molecule has 0 aliphatic rings. The quantitative estimate of drug-likeness (QED) is 0.709. The monoisotopic (exact) mass is 325 g/mol. The number of fused-ring (bicyclic) bond motifs is 3. The summed E-state index contributed by atoms with van der Waals surface area (Å²) in [5.41, 5.74) is 0.877. The average molecular weight is 325 g/mol. The number of hydrogen-bond acceptors (Lipinski definition) is 4. The summed E-state index contributed by atoms with van der Waals surface area (Å²) < 4.78 is 0.947. The lowest BCUT2D eigenvalue weighted by molar-refractivity contribution is 0.195. The third-order valence-corrected chi connectivity index (χ3v) is 4.58. The third kappa shape index (κ3) is 2.60. The fourth-order valence-electron chi connectivity index (χ4n) is 2.67. The Bertz CT molecular complexity index is 964. The van der Waals surface area contributed by atoms with Gasteiger partial charge in [-0.3, -0.25) is 4.90 Å². The Hall–Kier alpha value is -2.65. The zero-order chi connectivity index (χ0) is 16.8. The summed E-state index contributed by atoms with van der Waals surface area (Å²) in [5, 5.41) is 20.9. The van der Waals surface area contributed by atoms with Crippen LogP contribution in [0.1, 0.15) is 25.8 Å². The highest BCUT2D eigenvalue weighted by molar-refractivity contribution is 7.20. The van der Waals surface area contributed by atoms with E-state index in [2.05, 4.69) is 11.1 Å². The molecule has 0 aliphatic carbocycles. The lowest BCUT2D eigenvalue weighted by atomic mass is 10.0. The third-order valence-electron chi connectivity index (χ3n) is 3.57. The predicted octanol–water partition coefficient (Wildman–Crippen LogP) is 4.60. The summed E-state index contributed by atoms with van der Waals surface area (Å²) in [5.74, 6) is 0. The molecule has 0 radical (unpaired) electrons. The van der Waals surface area contributed by atoms with E-state index in [1.54, 1.807) is 6.07 Å². The van der Waals surface area contributed by atoms with Crippen LogP contribution in [-0.2, 0) is 0 Å². The molecular weight excluding hydrogens is 310 g/mol. The largest absolute Gasteiger partial charge is 0.465 e. The molecule has 0 saturated heterocycles. The Balaban J connectivity index is 2.22. The van der Waals surface area contributed by atoms with Gasteiger partial charge in [-0.25, -0.2) is 9.78 Å². The number of carboxylic acid groups (broad SMARTS) is 1. The van der Waals surface area contributed by atoms with Crippen molar-refractivity contribution in [2.45, 2.75) is 26.3 Å². The van der Waals surface area contributed by atoms with Crippen LogP contribution in [0.15, 0.2) is 30.3 Å². The van der Waals surface area contributed by atoms with Gasteiger partial charge in [-0.2, -0.15) is 5.26 Å². The standard InChI is InChI=1S/C17H15N3O2S/c1-17(2,3)20(16(21)22)11-5-6-12-10(8-11)4-7-13-15(12)23-14(9-18)19-13/h4-8H,1-3H3,(H,21,22). The fourth-order valence-corrected chi connectivity index (χ4v) is 3.57. The molecule has 0 saturated carbocycles. The molecule has 1 N–H and O–H groups in total. The van der Waals surface area contributed by atoms with Gasteiger partial charge in [0.25, 0.3) is 0 Å². The molecule has 2 aromatic carbocycles. The van der Waals surface area contributed by atoms with Crippen LogP contribution in [0.3, 0.4) is 0 Å². The molecule has 116 valence electrons. The minimum absolute atomic E-state index is 0.429. The van der Waals surface area contributed by atoms with Crippen molar-refractivity contribution in [1.29, 1.82) is 5.26 Å². The van der Waals surface area contributed by atoms with Gasteiger partial charge in [0.05, 0.1) is 10.2 Å². The predicted molar refractivity (Wildman–Crippen MR) is 92.1 cm³/mol. The molecule has 0 atom stereocenters. The molecule has 0 aliphatic heterocycles. The number of aromatic nitrogens is 1. The van der Waals surface area contributed by atoms with Gasteiger partial charge in [0, 0.05) is 16.6 Å². The lowest BCUT2D eigenvalue weighted by Gasteiger charge is -2.33. The zero-order valence-corrected chi connectivity index (χ0v) is 13.8. The lowest BCUT2D eigenvalue weighted by Crippen LogP contribution is -2.45. The highest BCUT2D eigenvalue weighted by Gasteiger charge is 2.28. The Labute approximate surface area is 137 Å². The number of rotatable bonds is 1. The van der Waals surface area contributed by atoms with Gasteiger partial charge in [-0.1, -0.05) is 12.1 Å². The zero-order valence-electron chi connectivity index (χ0n) is 13.0. The van der Waals surface area contributed by atoms with Crippen LogP contribution in [0.4, 0.5) is 10.5 Å². The van der Waals surface area contributed by atoms with E-state index >= 15 is 0 Å². The van der Waals surface area contributed by atoms with Crippen LogP contribution in [-0.4, -0.2) is 21.7 Å². The topological polar surface area (TPSA) is 77.2 Å². The molecule has 1 heterocycles. The van der Waals surface area contributed by atoms with Gasteiger partial charge >= 0.3 is 6.09 Å². The van der Waals surface area contributed by atoms with Crippen molar-refractivity contribution in [3.05, 3.63) is 35.3 Å². The smallest absolute Gasteiger partial charge is 0.412 e. The van der Waals surface area contributed by atoms with E-state index in [4.69, 9.17) is 5.26 Å². The van der Waals surface area contributed by atoms with Crippen molar-refractivity contribution in [1.82, 2.24) is 4.98 Å². The van der Waals surface area contributed by atoms with E-state index in [0.717, 1.165) is 21.0 Å². The molecule has 0 unspecified atom stereocenters. The van der Waals surface area contributed by atoms with Crippen molar-refractivity contribution >= 4 is 44.1 Å². The maximum atomic E-state index is 11.6. The van der Waals surface area contributed by atoms with Crippen LogP contribution in [0.2, 0.25) is 0 Å². The summed E-state index contributed by atoms with van der Waals surface area (Å²) in [6, 6.07) is 11.4. The Kier molecular flexibility index (Phi) is 3.46. The number of benzene rings is 2. The second-order valence-electron chi connectivity index (χ2n) is 6.24. The van der Waals surface area contributed by atoms with Crippen LogP contribution in [0, 0.1) is 11.3 Å². The van der Waals surface area contributed by atoms with Gasteiger partial charge < -0.3 is 5.11 Å². The van der Waals surface area contributed by atoms with E-state index in [-0.39, 0.29) is 0 Å². The number of thiazole rings is 1. The summed E-state index contributed by atoms with van der Waals surface area (Å²) in [6.07, 6.45) is -0.984. The minimum Gasteiger partial charge on any atom is -0.465 e. The summed E-state index contributed by atoms with van der Waals surface area (Å²) in [7, 11) is 0. The van der Waals surface area contributed by atoms with Crippen molar-refractivity contribution < 1.29 is 9.90 Å². The first-order valence-corrected chi connectivity index (χ1v) is 7.89. The first-order chi connectivity index (χ1) is 10.8. The molecule has 6 heteroatoms. The van der Waals surface area contributed by atoms with Crippen molar-refractivity contribution in [3.63, 3.8) is 0 Å². The second kappa shape index (κ2) is 5.21. The number of nitrogens with zero attached hydrogens (tertiary/aromatic N) is 3. The molecule has 3 rings (SSSR count). The molecule has 3 aromatic rings. The van der Waals surface area contributed by atoms with Crippen molar-refractivity contribution in [3.8, 4) is 6.07 Å². The van der Waals surface area contributed by atoms with Crippen LogP contribution in [0.25, 0.3) is 21.0 Å². The molecule has 1 aromatic heterocycles. The highest BCUT2D eigenvalue weighted by Crippen LogP contribution is 2.34. The van der Waals surface area contributed by atoms with E-state index in [1.165, 1.54) is 16.2 Å². The van der Waals surface area contributed by atoms with Crippen molar-refractivity contribution in [2.75, 3.05) is 4.90 Å². The Morgan fingerprint density at radius 1 is 1.30 bits per heavy atom. The molecule has 1 amide bonds. The molecule has 5 nitrogen and oxygen atoms in total. The van der Waals surface area contributed by atoms with Gasteiger partial charge in [0.1, 0.15) is 6.07 Å². The molecule has 0 bridgehead atoms. The first kappa shape index (κ1) is 15.3. The molecule has 23 heavy (non-hydrogen) atoms. The number of anilines is 1. The average Bonchev–Trinajstić information content (AvgIpc) is 2.88. The molecule has 0 spiro atoms. The van der Waals surface area contributed by atoms with Crippen LogP contribution >= 0.6 is 11.3 Å². The van der Waals surface area contributed by atoms with Gasteiger partial charge in [0.15, 0.2) is 5.01 Å². The second-order valence-corrected chi connectivity index (χ2v) is 7.24. The number of amides is 1. The van der Waals surface area contributed by atoms with Crippen LogP contribution < -0.4 is 4.90 Å². The summed E-state index contributed by atoms with van der Waals surface area (Å²) in [4.78, 5) is 17.2. The summed E-state index contributed by atoms with van der Waals surface area (Å²) in [6.45, 7) is 5.57. The van der Waals surface area contributed by atoms with Gasteiger partial charge in [-0.15, -0.1) is 11.3 Å². The van der Waals surface area contributed by atoms with E-state index in [0.29, 0.717) is 10.7 Å². The Morgan fingerprint density at radius 2 is 2.04 bits per heavy atom. The maximum Gasteiger partial charge on any atom is 0.412 e. The molecular formula is C17H15N3O2S. The van der Waals surface area contributed by atoms with Crippen LogP contribution in [0.5, 0.6) is 0 Å². The van der Waals surface area contributed by atoms with Crippen molar-refractivity contribution in [2.24, 2.45) is 0 Å². The van der Waals surface area contributed by atoms with E-state index in [1.807, 2.05) is 45.0 Å². The number of hydrogen-bond donors (Lipinski definition) is 1. The number of carbonyl (C=O) groups is 1. The van der Waals surface area contributed by atoms with Gasteiger partial charge in [-0.05, 0) is 44.4 Å². The summed E-state index contributed by atoms with van der Waals surface area (Å²) >= 11 is 1.35.